The minimum Gasteiger partial charge on any atom is -0.440 e. The predicted octanol–water partition coefficient (Wildman–Crippen LogP) is 2.54. The monoisotopic (exact) mass is 312 g/mol. The van der Waals surface area contributed by atoms with Crippen molar-refractivity contribution < 1.29 is 13.8 Å². The Balaban J connectivity index is 1.57. The van der Waals surface area contributed by atoms with E-state index >= 15 is 0 Å². The highest BCUT2D eigenvalue weighted by Gasteiger charge is 2.30. The molecule has 0 N–H and O–H groups in total. The normalized spacial score (nSPS) is 18.5. The summed E-state index contributed by atoms with van der Waals surface area (Å²) in [7, 11) is 0. The molecule has 0 saturated carbocycles. The zero-order valence-electron chi connectivity index (χ0n) is 12.7. The first-order valence-corrected chi connectivity index (χ1v) is 7.66. The highest BCUT2D eigenvalue weighted by atomic mass is 16.6. The summed E-state index contributed by atoms with van der Waals surface area (Å²) in [5.74, 6) is 0.642. The van der Waals surface area contributed by atoms with Gasteiger partial charge < -0.3 is 9.32 Å². The number of piperidine rings is 1. The number of rotatable bonds is 2. The fraction of sp³-hybridized carbons (Fsp3) is 0.375. The molecule has 1 fully saturated rings. The molecule has 1 aliphatic heterocycles. The Morgan fingerprint density at radius 1 is 1.30 bits per heavy atom. The van der Waals surface area contributed by atoms with Gasteiger partial charge in [0.2, 0.25) is 0 Å². The van der Waals surface area contributed by atoms with Crippen molar-refractivity contribution in [1.82, 2.24) is 20.2 Å². The molecule has 1 saturated heterocycles. The first-order valence-electron chi connectivity index (χ1n) is 7.66. The van der Waals surface area contributed by atoms with Gasteiger partial charge in [0.1, 0.15) is 11.2 Å². The second-order valence-corrected chi connectivity index (χ2v) is 5.81. The molecule has 0 unspecified atom stereocenters. The van der Waals surface area contributed by atoms with E-state index < -0.39 is 0 Å². The molecule has 1 aromatic carbocycles. The number of carbonyl (C=O) groups excluding carboxylic acids is 1. The number of hydrogen-bond acceptors (Lipinski definition) is 6. The Morgan fingerprint density at radius 3 is 2.96 bits per heavy atom. The molecular formula is C16H16N4O3. The smallest absolute Gasteiger partial charge is 0.278 e. The number of para-hydroxylation sites is 2. The zero-order valence-corrected chi connectivity index (χ0v) is 12.7. The number of aryl methyl sites for hydroxylation is 1. The fourth-order valence-electron chi connectivity index (χ4n) is 3.00. The molecule has 23 heavy (non-hydrogen) atoms. The van der Waals surface area contributed by atoms with Gasteiger partial charge in [0.15, 0.2) is 17.2 Å². The Morgan fingerprint density at radius 2 is 2.17 bits per heavy atom. The summed E-state index contributed by atoms with van der Waals surface area (Å²) in [5, 5.41) is 7.38. The first kappa shape index (κ1) is 13.9. The molecule has 4 rings (SSSR count). The Labute approximate surface area is 132 Å². The lowest BCUT2D eigenvalue weighted by molar-refractivity contribution is 0.0687. The van der Waals surface area contributed by atoms with Gasteiger partial charge in [-0.1, -0.05) is 17.3 Å². The molecular weight excluding hydrogens is 296 g/mol. The molecule has 7 heteroatoms. The van der Waals surface area contributed by atoms with E-state index in [0.717, 1.165) is 23.9 Å². The van der Waals surface area contributed by atoms with E-state index in [1.807, 2.05) is 24.3 Å². The van der Waals surface area contributed by atoms with E-state index in [2.05, 4.69) is 19.9 Å². The molecule has 1 aliphatic rings. The van der Waals surface area contributed by atoms with Crippen molar-refractivity contribution in [2.24, 2.45) is 0 Å². The molecule has 2 aromatic heterocycles. The lowest BCUT2D eigenvalue weighted by Crippen LogP contribution is -2.39. The van der Waals surface area contributed by atoms with Crippen molar-refractivity contribution in [3.8, 4) is 0 Å². The van der Waals surface area contributed by atoms with Gasteiger partial charge in [-0.15, -0.1) is 0 Å². The third kappa shape index (κ3) is 2.48. The number of likely N-dealkylation sites (tertiary alicyclic amines) is 1. The van der Waals surface area contributed by atoms with Crippen LogP contribution in [-0.4, -0.2) is 39.2 Å². The van der Waals surface area contributed by atoms with Gasteiger partial charge in [0, 0.05) is 13.1 Å². The fourth-order valence-corrected chi connectivity index (χ4v) is 3.00. The third-order valence-electron chi connectivity index (χ3n) is 4.22. The van der Waals surface area contributed by atoms with Gasteiger partial charge in [0.05, 0.1) is 5.92 Å². The average molecular weight is 312 g/mol. The zero-order chi connectivity index (χ0) is 15.8. The van der Waals surface area contributed by atoms with E-state index in [9.17, 15) is 4.79 Å². The van der Waals surface area contributed by atoms with Crippen LogP contribution in [0.5, 0.6) is 0 Å². The summed E-state index contributed by atoms with van der Waals surface area (Å²) >= 11 is 0. The average Bonchev–Trinajstić information content (AvgIpc) is 3.20. The van der Waals surface area contributed by atoms with Crippen LogP contribution in [0.3, 0.4) is 0 Å². The number of aromatic nitrogens is 3. The van der Waals surface area contributed by atoms with Gasteiger partial charge in [-0.3, -0.25) is 4.79 Å². The minimum atomic E-state index is -0.149. The lowest BCUT2D eigenvalue weighted by atomic mass is 9.97. The number of carbonyl (C=O) groups is 1. The number of nitrogens with zero attached hydrogens (tertiary/aromatic N) is 4. The van der Waals surface area contributed by atoms with Gasteiger partial charge in [-0.25, -0.2) is 9.61 Å². The maximum absolute atomic E-state index is 12.5. The summed E-state index contributed by atoms with van der Waals surface area (Å²) in [6.07, 6.45) is 1.85. The van der Waals surface area contributed by atoms with Crippen LogP contribution in [0.25, 0.3) is 11.1 Å². The van der Waals surface area contributed by atoms with Crippen LogP contribution in [0, 0.1) is 6.92 Å². The quantitative estimate of drug-likeness (QED) is 0.723. The number of amides is 1. The SMILES string of the molecule is Cc1nonc1C(=O)N1CCC[C@H](c2nc3ccccc3o2)C1. The molecule has 0 bridgehead atoms. The van der Waals surface area contributed by atoms with Gasteiger partial charge >= 0.3 is 0 Å². The molecule has 118 valence electrons. The summed E-state index contributed by atoms with van der Waals surface area (Å²) < 4.78 is 10.5. The largest absolute Gasteiger partial charge is 0.440 e. The van der Waals surface area contributed by atoms with Crippen LogP contribution in [0.2, 0.25) is 0 Å². The molecule has 1 atom stereocenters. The molecule has 3 heterocycles. The first-order chi connectivity index (χ1) is 11.2. The highest BCUT2D eigenvalue weighted by molar-refractivity contribution is 5.93. The lowest BCUT2D eigenvalue weighted by Gasteiger charge is -2.30. The van der Waals surface area contributed by atoms with Crippen LogP contribution in [0.4, 0.5) is 0 Å². The molecule has 0 spiro atoms. The van der Waals surface area contributed by atoms with Gasteiger partial charge in [-0.2, -0.15) is 0 Å². The van der Waals surface area contributed by atoms with Crippen LogP contribution >= 0.6 is 0 Å². The number of fused-ring (bicyclic) bond motifs is 1. The van der Waals surface area contributed by atoms with Crippen LogP contribution in [0.15, 0.2) is 33.3 Å². The van der Waals surface area contributed by atoms with E-state index in [4.69, 9.17) is 4.42 Å². The van der Waals surface area contributed by atoms with Crippen molar-refractivity contribution in [3.63, 3.8) is 0 Å². The molecule has 3 aromatic rings. The van der Waals surface area contributed by atoms with Crippen LogP contribution < -0.4 is 0 Å². The Kier molecular flexibility index (Phi) is 3.33. The second-order valence-electron chi connectivity index (χ2n) is 5.81. The van der Waals surface area contributed by atoms with E-state index in [1.165, 1.54) is 0 Å². The van der Waals surface area contributed by atoms with Gasteiger partial charge in [0.25, 0.3) is 5.91 Å². The van der Waals surface area contributed by atoms with Crippen LogP contribution in [0.1, 0.15) is 40.8 Å². The van der Waals surface area contributed by atoms with E-state index in [1.54, 1.807) is 11.8 Å². The second kappa shape index (κ2) is 5.49. The summed E-state index contributed by atoms with van der Waals surface area (Å²) in [4.78, 5) is 18.9. The molecule has 1 amide bonds. The Bertz CT molecular complexity index is 821. The van der Waals surface area contributed by atoms with Gasteiger partial charge in [-0.05, 0) is 37.1 Å². The molecule has 0 radical (unpaired) electrons. The summed E-state index contributed by atoms with van der Waals surface area (Å²) in [6, 6.07) is 7.69. The van der Waals surface area contributed by atoms with Crippen LogP contribution in [-0.2, 0) is 0 Å². The highest BCUT2D eigenvalue weighted by Crippen LogP contribution is 2.29. The maximum atomic E-state index is 12.5. The number of benzene rings is 1. The van der Waals surface area contributed by atoms with Crippen molar-refractivity contribution in [2.45, 2.75) is 25.7 Å². The predicted molar refractivity (Wildman–Crippen MR) is 80.9 cm³/mol. The number of hydrogen-bond donors (Lipinski definition) is 0. The molecule has 0 aliphatic carbocycles. The van der Waals surface area contributed by atoms with Crippen molar-refractivity contribution in [3.05, 3.63) is 41.5 Å². The summed E-state index contributed by atoms with van der Waals surface area (Å²) in [6.45, 7) is 2.98. The topological polar surface area (TPSA) is 85.3 Å². The van der Waals surface area contributed by atoms with Crippen molar-refractivity contribution in [2.75, 3.05) is 13.1 Å². The minimum absolute atomic E-state index is 0.0975. The maximum Gasteiger partial charge on any atom is 0.278 e. The van der Waals surface area contributed by atoms with E-state index in [0.29, 0.717) is 24.7 Å². The summed E-state index contributed by atoms with van der Waals surface area (Å²) in [5.41, 5.74) is 2.42. The third-order valence-corrected chi connectivity index (χ3v) is 4.22. The van der Waals surface area contributed by atoms with Crippen molar-refractivity contribution in [1.29, 1.82) is 0 Å². The standard InChI is InChI=1S/C16H16N4O3/c1-10-14(19-23-18-10)16(21)20-8-4-5-11(9-20)15-17-12-6-2-3-7-13(12)22-15/h2-3,6-7,11H,4-5,8-9H2,1H3/t11-/m0/s1. The van der Waals surface area contributed by atoms with E-state index in [-0.39, 0.29) is 17.5 Å². The van der Waals surface area contributed by atoms with Crippen molar-refractivity contribution >= 4 is 17.0 Å². The Hall–Kier alpha value is -2.70. The molecule has 7 nitrogen and oxygen atoms in total. The number of oxazole rings is 1.